The first-order valence-electron chi connectivity index (χ1n) is 7.30. The molecule has 1 N–H and O–H groups in total. The molecule has 0 heterocycles. The molecule has 2 rings (SSSR count). The second kappa shape index (κ2) is 6.83. The van der Waals surface area contributed by atoms with E-state index in [4.69, 9.17) is 0 Å². The third-order valence-electron chi connectivity index (χ3n) is 3.55. The Morgan fingerprint density at radius 1 is 1.13 bits per heavy atom. The van der Waals surface area contributed by atoms with Crippen LogP contribution in [-0.4, -0.2) is 27.9 Å². The van der Waals surface area contributed by atoms with E-state index in [2.05, 4.69) is 5.32 Å². The van der Waals surface area contributed by atoms with E-state index >= 15 is 0 Å². The lowest BCUT2D eigenvalue weighted by molar-refractivity contribution is 0.0956. The number of carbonyl (C=O) groups is 1. The van der Waals surface area contributed by atoms with E-state index in [1.165, 1.54) is 11.4 Å². The first-order valence-corrected chi connectivity index (χ1v) is 8.74. The van der Waals surface area contributed by atoms with Crippen molar-refractivity contribution in [2.45, 2.75) is 18.7 Å². The molecule has 1 amide bonds. The molecule has 6 heteroatoms. The number of anilines is 1. The van der Waals surface area contributed by atoms with Gasteiger partial charge in [0.05, 0.1) is 10.6 Å². The van der Waals surface area contributed by atoms with E-state index in [9.17, 15) is 13.2 Å². The van der Waals surface area contributed by atoms with Crippen molar-refractivity contribution >= 4 is 21.6 Å². The average Bonchev–Trinajstić information content (AvgIpc) is 2.55. The molecule has 0 unspecified atom stereocenters. The van der Waals surface area contributed by atoms with Crippen molar-refractivity contribution in [3.05, 3.63) is 59.7 Å². The molecule has 2 aromatic rings. The topological polar surface area (TPSA) is 66.5 Å². The molecule has 0 aromatic heterocycles. The van der Waals surface area contributed by atoms with Gasteiger partial charge >= 0.3 is 0 Å². The van der Waals surface area contributed by atoms with Crippen LogP contribution in [0.25, 0.3) is 0 Å². The van der Waals surface area contributed by atoms with Crippen LogP contribution in [0.4, 0.5) is 5.69 Å². The maximum Gasteiger partial charge on any atom is 0.264 e. The molecule has 0 radical (unpaired) electrons. The zero-order valence-electron chi connectivity index (χ0n) is 13.4. The fraction of sp³-hybridized carbons (Fsp3) is 0.235. The van der Waals surface area contributed by atoms with Gasteiger partial charge in [0.25, 0.3) is 15.9 Å². The van der Waals surface area contributed by atoms with Crippen molar-refractivity contribution in [2.24, 2.45) is 0 Å². The molecule has 0 aliphatic carbocycles. The van der Waals surface area contributed by atoms with Gasteiger partial charge in [-0.2, -0.15) is 0 Å². The minimum Gasteiger partial charge on any atom is -0.352 e. The van der Waals surface area contributed by atoms with Crippen LogP contribution in [0.3, 0.4) is 0 Å². The molecule has 0 fully saturated rings. The van der Waals surface area contributed by atoms with Gasteiger partial charge in [-0.15, -0.1) is 0 Å². The number of carbonyl (C=O) groups excluding carboxylic acids is 1. The molecular weight excluding hydrogens is 312 g/mol. The molecule has 0 spiro atoms. The molecule has 2 aromatic carbocycles. The zero-order valence-corrected chi connectivity index (χ0v) is 14.2. The Morgan fingerprint density at radius 2 is 1.78 bits per heavy atom. The second-order valence-corrected chi connectivity index (χ2v) is 7.12. The number of hydrogen-bond donors (Lipinski definition) is 1. The van der Waals surface area contributed by atoms with Gasteiger partial charge in [0, 0.05) is 19.2 Å². The molecule has 0 saturated heterocycles. The maximum atomic E-state index is 12.7. The second-order valence-electron chi connectivity index (χ2n) is 5.15. The minimum atomic E-state index is -3.67. The minimum absolute atomic E-state index is 0.213. The lowest BCUT2D eigenvalue weighted by Crippen LogP contribution is -2.28. The Bertz CT molecular complexity index is 802. The van der Waals surface area contributed by atoms with Crippen molar-refractivity contribution in [2.75, 3.05) is 17.9 Å². The average molecular weight is 332 g/mol. The van der Waals surface area contributed by atoms with E-state index in [0.29, 0.717) is 17.8 Å². The van der Waals surface area contributed by atoms with Gasteiger partial charge in [-0.05, 0) is 43.7 Å². The number of amides is 1. The smallest absolute Gasteiger partial charge is 0.264 e. The van der Waals surface area contributed by atoms with Gasteiger partial charge in [-0.25, -0.2) is 8.42 Å². The highest BCUT2D eigenvalue weighted by Crippen LogP contribution is 2.26. The normalized spacial score (nSPS) is 11.1. The van der Waals surface area contributed by atoms with Crippen molar-refractivity contribution in [3.8, 4) is 0 Å². The third kappa shape index (κ3) is 3.53. The highest BCUT2D eigenvalue weighted by Gasteiger charge is 2.23. The van der Waals surface area contributed by atoms with E-state index in [1.807, 2.05) is 13.8 Å². The number of benzene rings is 2. The molecule has 0 bridgehead atoms. The fourth-order valence-electron chi connectivity index (χ4n) is 2.23. The number of nitrogens with one attached hydrogen (secondary N) is 1. The zero-order chi connectivity index (χ0) is 17.0. The van der Waals surface area contributed by atoms with E-state index in [1.54, 1.807) is 48.5 Å². The summed E-state index contributed by atoms with van der Waals surface area (Å²) in [5, 5.41) is 2.71. The summed E-state index contributed by atoms with van der Waals surface area (Å²) in [6.07, 6.45) is 0. The SMILES string of the molecule is CCNC(=O)c1ccc(C)c(N(C)S(=O)(=O)c2ccccc2)c1. The third-order valence-corrected chi connectivity index (χ3v) is 5.34. The van der Waals surface area contributed by atoms with Crippen LogP contribution in [0.5, 0.6) is 0 Å². The van der Waals surface area contributed by atoms with Gasteiger partial charge < -0.3 is 5.32 Å². The quantitative estimate of drug-likeness (QED) is 0.915. The van der Waals surface area contributed by atoms with Crippen LogP contribution in [-0.2, 0) is 10.0 Å². The van der Waals surface area contributed by atoms with Gasteiger partial charge in [0.15, 0.2) is 0 Å². The molecule has 0 saturated carbocycles. The van der Waals surface area contributed by atoms with Crippen LogP contribution in [0.1, 0.15) is 22.8 Å². The largest absolute Gasteiger partial charge is 0.352 e. The van der Waals surface area contributed by atoms with E-state index in [0.717, 1.165) is 5.56 Å². The lowest BCUT2D eigenvalue weighted by Gasteiger charge is -2.22. The Kier molecular flexibility index (Phi) is 5.05. The summed E-state index contributed by atoms with van der Waals surface area (Å²) in [7, 11) is -2.18. The molecular formula is C17H20N2O3S. The van der Waals surface area contributed by atoms with Crippen LogP contribution in [0.2, 0.25) is 0 Å². The fourth-order valence-corrected chi connectivity index (χ4v) is 3.51. The van der Waals surface area contributed by atoms with Crippen molar-refractivity contribution in [3.63, 3.8) is 0 Å². The summed E-state index contributed by atoms with van der Waals surface area (Å²) in [6.45, 7) is 4.16. The van der Waals surface area contributed by atoms with Crippen molar-refractivity contribution in [1.82, 2.24) is 5.32 Å². The van der Waals surface area contributed by atoms with Gasteiger partial charge in [0.1, 0.15) is 0 Å². The van der Waals surface area contributed by atoms with Gasteiger partial charge in [-0.1, -0.05) is 24.3 Å². The number of rotatable bonds is 5. The number of hydrogen-bond acceptors (Lipinski definition) is 3. The summed E-state index contributed by atoms with van der Waals surface area (Å²) in [6, 6.07) is 13.3. The molecule has 0 aliphatic rings. The predicted octanol–water partition coefficient (Wildman–Crippen LogP) is 2.57. The van der Waals surface area contributed by atoms with Crippen LogP contribution in [0, 0.1) is 6.92 Å². The summed E-state index contributed by atoms with van der Waals surface area (Å²) < 4.78 is 26.6. The molecule has 0 atom stereocenters. The summed E-state index contributed by atoms with van der Waals surface area (Å²) >= 11 is 0. The van der Waals surface area contributed by atoms with Gasteiger partial charge in [0.2, 0.25) is 0 Å². The first kappa shape index (κ1) is 17.0. The summed E-state index contributed by atoms with van der Waals surface area (Å²) in [5.74, 6) is -0.223. The van der Waals surface area contributed by atoms with Gasteiger partial charge in [-0.3, -0.25) is 9.10 Å². The molecule has 5 nitrogen and oxygen atoms in total. The Morgan fingerprint density at radius 3 is 2.39 bits per heavy atom. The molecule has 23 heavy (non-hydrogen) atoms. The highest BCUT2D eigenvalue weighted by molar-refractivity contribution is 7.92. The Labute approximate surface area is 137 Å². The lowest BCUT2D eigenvalue weighted by atomic mass is 10.1. The summed E-state index contributed by atoms with van der Waals surface area (Å²) in [4.78, 5) is 12.2. The van der Waals surface area contributed by atoms with E-state index < -0.39 is 10.0 Å². The highest BCUT2D eigenvalue weighted by atomic mass is 32.2. The van der Waals surface area contributed by atoms with Crippen molar-refractivity contribution in [1.29, 1.82) is 0 Å². The Balaban J connectivity index is 2.45. The van der Waals surface area contributed by atoms with Crippen LogP contribution in [0.15, 0.2) is 53.4 Å². The summed E-state index contributed by atoms with van der Waals surface area (Å²) in [5.41, 5.74) is 1.69. The molecule has 122 valence electrons. The van der Waals surface area contributed by atoms with Crippen LogP contribution < -0.4 is 9.62 Å². The molecule has 0 aliphatic heterocycles. The van der Waals surface area contributed by atoms with Crippen molar-refractivity contribution < 1.29 is 13.2 Å². The number of aryl methyl sites for hydroxylation is 1. The number of sulfonamides is 1. The predicted molar refractivity (Wildman–Crippen MR) is 91.2 cm³/mol. The standard InChI is InChI=1S/C17H20N2O3S/c1-4-18-17(20)14-11-10-13(2)16(12-14)19(3)23(21,22)15-8-6-5-7-9-15/h5-12H,4H2,1-3H3,(H,18,20). The monoisotopic (exact) mass is 332 g/mol. The maximum absolute atomic E-state index is 12.7. The first-order chi connectivity index (χ1) is 10.9. The Hall–Kier alpha value is -2.34. The van der Waals surface area contributed by atoms with E-state index in [-0.39, 0.29) is 10.8 Å². The number of nitrogens with zero attached hydrogens (tertiary/aromatic N) is 1. The van der Waals surface area contributed by atoms with Crippen LogP contribution >= 0.6 is 0 Å².